The van der Waals surface area contributed by atoms with Gasteiger partial charge in [-0.25, -0.2) is 4.98 Å². The van der Waals surface area contributed by atoms with Crippen molar-refractivity contribution in [2.45, 2.75) is 6.61 Å². The summed E-state index contributed by atoms with van der Waals surface area (Å²) >= 11 is 7.16. The molecule has 0 fully saturated rings. The Morgan fingerprint density at radius 2 is 2.31 bits per heavy atom. The molecule has 0 aromatic carbocycles. The Hall–Kier alpha value is -0.450. The molecule has 0 saturated heterocycles. The fourth-order valence-corrected chi connectivity index (χ4v) is 1.24. The third-order valence-electron chi connectivity index (χ3n) is 1.44. The number of hydrogen-bond donors (Lipinski definition) is 0. The van der Waals surface area contributed by atoms with E-state index in [0.717, 1.165) is 5.56 Å². The Kier molecular flexibility index (Phi) is 4.35. The number of aromatic nitrogens is 1. The van der Waals surface area contributed by atoms with E-state index in [1.54, 1.807) is 13.2 Å². The van der Waals surface area contributed by atoms with Crippen molar-refractivity contribution in [1.82, 2.24) is 4.98 Å². The van der Waals surface area contributed by atoms with Gasteiger partial charge in [0.1, 0.15) is 5.15 Å². The molecule has 3 nitrogen and oxygen atoms in total. The van der Waals surface area contributed by atoms with E-state index >= 15 is 0 Å². The van der Waals surface area contributed by atoms with Gasteiger partial charge >= 0.3 is 0 Å². The van der Waals surface area contributed by atoms with Crippen molar-refractivity contribution in [3.05, 3.63) is 22.8 Å². The lowest BCUT2D eigenvalue weighted by Gasteiger charge is -2.04. The maximum absolute atomic E-state index is 5.86. The van der Waals surface area contributed by atoms with Gasteiger partial charge < -0.3 is 8.92 Å². The normalized spacial score (nSPS) is 10.1. The zero-order valence-electron chi connectivity index (χ0n) is 7.41. The van der Waals surface area contributed by atoms with Gasteiger partial charge in [0.25, 0.3) is 0 Å². The summed E-state index contributed by atoms with van der Waals surface area (Å²) in [7, 11) is 1.55. The molecule has 1 rings (SSSR count). The molecule has 13 heavy (non-hydrogen) atoms. The highest BCUT2D eigenvalue weighted by Gasteiger charge is 2.03. The third-order valence-corrected chi connectivity index (χ3v) is 2.12. The number of rotatable bonds is 4. The topological polar surface area (TPSA) is 31.4 Å². The van der Waals surface area contributed by atoms with Crippen LogP contribution in [0.2, 0.25) is 5.15 Å². The maximum atomic E-state index is 5.86. The highest BCUT2D eigenvalue weighted by Crippen LogP contribution is 2.19. The number of ether oxygens (including phenoxy) is 1. The summed E-state index contributed by atoms with van der Waals surface area (Å²) in [6.45, 7) is 0.455. The molecule has 0 aliphatic rings. The van der Waals surface area contributed by atoms with Crippen LogP contribution >= 0.6 is 23.6 Å². The van der Waals surface area contributed by atoms with Crippen molar-refractivity contribution in [2.24, 2.45) is 0 Å². The minimum atomic E-state index is 0.424. The highest BCUT2D eigenvalue weighted by molar-refractivity contribution is 7.93. The van der Waals surface area contributed by atoms with Crippen LogP contribution < -0.4 is 4.74 Å². The summed E-state index contributed by atoms with van der Waals surface area (Å²) in [5, 5.41) is 0.424. The van der Waals surface area contributed by atoms with Crippen LogP contribution in [0.4, 0.5) is 0 Å². The Morgan fingerprint density at radius 1 is 1.54 bits per heavy atom. The van der Waals surface area contributed by atoms with E-state index in [-0.39, 0.29) is 0 Å². The zero-order valence-corrected chi connectivity index (χ0v) is 8.98. The summed E-state index contributed by atoms with van der Waals surface area (Å²) < 4.78 is 10.0. The molecular weight excluding hydrogens is 210 g/mol. The number of halogens is 1. The van der Waals surface area contributed by atoms with E-state index in [1.165, 1.54) is 12.0 Å². The SMILES string of the molecule is COc1ccc(COSC)c(Cl)n1. The predicted octanol–water partition coefficient (Wildman–Crippen LogP) is 2.54. The monoisotopic (exact) mass is 219 g/mol. The molecule has 1 aromatic heterocycles. The first-order chi connectivity index (χ1) is 6.27. The Bertz CT molecular complexity index is 283. The second-order valence-corrected chi connectivity index (χ2v) is 3.16. The molecule has 0 N–H and O–H groups in total. The second kappa shape index (κ2) is 5.32. The Balaban J connectivity index is 2.73. The van der Waals surface area contributed by atoms with Crippen LogP contribution in [0.15, 0.2) is 12.1 Å². The van der Waals surface area contributed by atoms with E-state index in [4.69, 9.17) is 20.5 Å². The number of methoxy groups -OCH3 is 1. The smallest absolute Gasteiger partial charge is 0.214 e. The maximum Gasteiger partial charge on any atom is 0.214 e. The van der Waals surface area contributed by atoms with Crippen LogP contribution in [0.5, 0.6) is 5.88 Å². The van der Waals surface area contributed by atoms with Crippen LogP contribution in [-0.4, -0.2) is 18.3 Å². The lowest BCUT2D eigenvalue weighted by molar-refractivity contribution is 0.363. The van der Waals surface area contributed by atoms with Crippen molar-refractivity contribution in [2.75, 3.05) is 13.4 Å². The largest absolute Gasteiger partial charge is 0.481 e. The van der Waals surface area contributed by atoms with Crippen molar-refractivity contribution < 1.29 is 8.92 Å². The first-order valence-electron chi connectivity index (χ1n) is 3.63. The van der Waals surface area contributed by atoms with Crippen LogP contribution in [0.25, 0.3) is 0 Å². The molecule has 1 heterocycles. The predicted molar refractivity (Wildman–Crippen MR) is 54.1 cm³/mol. The standard InChI is InChI=1S/C8H10ClNO2S/c1-11-7-4-3-6(5-12-13-2)8(9)10-7/h3-4H,5H2,1-2H3. The molecule has 0 amide bonds. The molecule has 0 atom stereocenters. The molecule has 0 radical (unpaired) electrons. The average Bonchev–Trinajstić information content (AvgIpc) is 2.16. The molecule has 0 unspecified atom stereocenters. The van der Waals surface area contributed by atoms with Gasteiger partial charge in [-0.2, -0.15) is 0 Å². The molecule has 5 heteroatoms. The molecule has 0 spiro atoms. The minimum Gasteiger partial charge on any atom is -0.481 e. The number of hydrogen-bond acceptors (Lipinski definition) is 4. The van der Waals surface area contributed by atoms with E-state index in [9.17, 15) is 0 Å². The summed E-state index contributed by atoms with van der Waals surface area (Å²) in [6, 6.07) is 3.59. The molecule has 0 aliphatic heterocycles. The second-order valence-electron chi connectivity index (χ2n) is 2.23. The lowest BCUT2D eigenvalue weighted by atomic mass is 10.3. The molecule has 0 bridgehead atoms. The highest BCUT2D eigenvalue weighted by atomic mass is 35.5. The molecule has 0 saturated carbocycles. The van der Waals surface area contributed by atoms with Gasteiger partial charge in [0, 0.05) is 17.9 Å². The lowest BCUT2D eigenvalue weighted by Crippen LogP contribution is -1.93. The van der Waals surface area contributed by atoms with Gasteiger partial charge in [0.05, 0.1) is 13.7 Å². The van der Waals surface area contributed by atoms with E-state index in [0.29, 0.717) is 17.6 Å². The van der Waals surface area contributed by atoms with Crippen LogP contribution in [0.3, 0.4) is 0 Å². The zero-order chi connectivity index (χ0) is 9.68. The molecular formula is C8H10ClNO2S. The fraction of sp³-hybridized carbons (Fsp3) is 0.375. The van der Waals surface area contributed by atoms with Crippen LogP contribution in [0.1, 0.15) is 5.56 Å². The van der Waals surface area contributed by atoms with Gasteiger partial charge in [-0.05, 0) is 18.1 Å². The summed E-state index contributed by atoms with van der Waals surface area (Å²) in [6.07, 6.45) is 1.85. The molecule has 0 aliphatic carbocycles. The van der Waals surface area contributed by atoms with Crippen molar-refractivity contribution in [3.8, 4) is 5.88 Å². The summed E-state index contributed by atoms with van der Waals surface area (Å²) in [5.41, 5.74) is 0.858. The van der Waals surface area contributed by atoms with Crippen molar-refractivity contribution >= 4 is 23.6 Å². The quantitative estimate of drug-likeness (QED) is 0.575. The van der Waals surface area contributed by atoms with E-state index in [1.807, 2.05) is 12.3 Å². The first-order valence-corrected chi connectivity index (χ1v) is 5.15. The average molecular weight is 220 g/mol. The summed E-state index contributed by atoms with van der Waals surface area (Å²) in [5.74, 6) is 0.512. The number of nitrogens with zero attached hydrogens (tertiary/aromatic N) is 1. The van der Waals surface area contributed by atoms with E-state index < -0.39 is 0 Å². The fourth-order valence-electron chi connectivity index (χ4n) is 0.790. The summed E-state index contributed by atoms with van der Waals surface area (Å²) in [4.78, 5) is 4.00. The van der Waals surface area contributed by atoms with Crippen molar-refractivity contribution in [1.29, 1.82) is 0 Å². The van der Waals surface area contributed by atoms with E-state index in [2.05, 4.69) is 4.98 Å². The van der Waals surface area contributed by atoms with Crippen LogP contribution in [0, 0.1) is 0 Å². The molecule has 72 valence electrons. The number of pyridine rings is 1. The molecule has 1 aromatic rings. The van der Waals surface area contributed by atoms with Gasteiger partial charge in [-0.1, -0.05) is 11.6 Å². The Labute approximate surface area is 86.6 Å². The van der Waals surface area contributed by atoms with Gasteiger partial charge in [-0.3, -0.25) is 0 Å². The van der Waals surface area contributed by atoms with Gasteiger partial charge in [0.2, 0.25) is 5.88 Å². The van der Waals surface area contributed by atoms with Gasteiger partial charge in [0.15, 0.2) is 0 Å². The van der Waals surface area contributed by atoms with Gasteiger partial charge in [-0.15, -0.1) is 0 Å². The Morgan fingerprint density at radius 3 is 2.85 bits per heavy atom. The van der Waals surface area contributed by atoms with Crippen molar-refractivity contribution in [3.63, 3.8) is 0 Å². The first kappa shape index (κ1) is 10.6. The van der Waals surface area contributed by atoms with Crippen LogP contribution in [-0.2, 0) is 10.8 Å². The minimum absolute atomic E-state index is 0.424. The third kappa shape index (κ3) is 3.06.